The molecule has 1 aromatic heterocycles. The Morgan fingerprint density at radius 2 is 2.05 bits per heavy atom. The Kier molecular flexibility index (Phi) is 3.94. The number of fused-ring (bicyclic) bond motifs is 1. The minimum absolute atomic E-state index is 0.0431. The van der Waals surface area contributed by atoms with Crippen LogP contribution < -0.4 is 5.32 Å². The van der Waals surface area contributed by atoms with Crippen molar-refractivity contribution >= 4 is 28.4 Å². The van der Waals surface area contributed by atoms with Crippen LogP contribution in [0.25, 0.3) is 10.9 Å². The maximum absolute atomic E-state index is 13.6. The van der Waals surface area contributed by atoms with Crippen molar-refractivity contribution < 1.29 is 8.78 Å². The Bertz CT molecular complexity index is 599. The zero-order valence-corrected chi connectivity index (χ0v) is 11.9. The summed E-state index contributed by atoms with van der Waals surface area (Å²) in [7, 11) is 0. The largest absolute Gasteiger partial charge is 0.383 e. The van der Waals surface area contributed by atoms with Gasteiger partial charge in [0, 0.05) is 34.6 Å². The van der Waals surface area contributed by atoms with E-state index in [0.29, 0.717) is 17.6 Å². The number of pyridine rings is 1. The fraction of sp³-hybridized carbons (Fsp3) is 0.357. The van der Waals surface area contributed by atoms with Gasteiger partial charge in [-0.15, -0.1) is 0 Å². The fourth-order valence-electron chi connectivity index (χ4n) is 1.71. The zero-order valence-electron chi connectivity index (χ0n) is 11.1. The van der Waals surface area contributed by atoms with Gasteiger partial charge in [-0.2, -0.15) is 11.8 Å². The highest BCUT2D eigenvalue weighted by molar-refractivity contribution is 7.99. The van der Waals surface area contributed by atoms with Crippen LogP contribution in [0.5, 0.6) is 0 Å². The second-order valence-corrected chi connectivity index (χ2v) is 6.47. The monoisotopic (exact) mass is 282 g/mol. The van der Waals surface area contributed by atoms with Crippen LogP contribution in [-0.2, 0) is 0 Å². The van der Waals surface area contributed by atoms with E-state index in [1.807, 2.05) is 6.26 Å². The molecule has 2 aromatic rings. The molecule has 19 heavy (non-hydrogen) atoms. The average Bonchev–Trinajstić information content (AvgIpc) is 2.36. The van der Waals surface area contributed by atoms with E-state index in [4.69, 9.17) is 0 Å². The van der Waals surface area contributed by atoms with Crippen molar-refractivity contribution in [3.05, 3.63) is 36.0 Å². The lowest BCUT2D eigenvalue weighted by molar-refractivity contribution is 0.590. The highest BCUT2D eigenvalue weighted by Gasteiger charge is 2.16. The van der Waals surface area contributed by atoms with Gasteiger partial charge in [0.1, 0.15) is 11.3 Å². The van der Waals surface area contributed by atoms with Crippen LogP contribution in [0, 0.1) is 11.6 Å². The summed E-state index contributed by atoms with van der Waals surface area (Å²) in [5.41, 5.74) is 0.888. The number of hydrogen-bond acceptors (Lipinski definition) is 3. The van der Waals surface area contributed by atoms with Gasteiger partial charge in [-0.1, -0.05) is 0 Å². The molecule has 5 heteroatoms. The van der Waals surface area contributed by atoms with E-state index in [2.05, 4.69) is 24.1 Å². The quantitative estimate of drug-likeness (QED) is 0.915. The number of nitrogens with zero attached hydrogens (tertiary/aromatic N) is 1. The number of anilines is 1. The normalized spacial score (nSPS) is 11.8. The first-order valence-corrected chi connectivity index (χ1v) is 7.18. The maximum Gasteiger partial charge on any atom is 0.152 e. The summed E-state index contributed by atoms with van der Waals surface area (Å²) in [6, 6.07) is 3.89. The second-order valence-electron chi connectivity index (χ2n) is 4.96. The van der Waals surface area contributed by atoms with Gasteiger partial charge in [-0.3, -0.25) is 4.98 Å². The van der Waals surface area contributed by atoms with Crippen LogP contribution in [-0.4, -0.2) is 22.5 Å². The summed E-state index contributed by atoms with van der Waals surface area (Å²) in [6.45, 7) is 4.91. The van der Waals surface area contributed by atoms with Gasteiger partial charge in [-0.05, 0) is 32.2 Å². The van der Waals surface area contributed by atoms with Crippen molar-refractivity contribution in [3.8, 4) is 0 Å². The topological polar surface area (TPSA) is 24.9 Å². The standard InChI is InChI=1S/C14H16F2N2S/c1-14(2,19-3)8-18-12-4-5-17-13-10(12)6-9(15)7-11(13)16/h4-7H,8H2,1-3H3,(H,17,18). The molecule has 2 nitrogen and oxygen atoms in total. The van der Waals surface area contributed by atoms with Crippen molar-refractivity contribution in [2.45, 2.75) is 18.6 Å². The van der Waals surface area contributed by atoms with Crippen LogP contribution >= 0.6 is 11.8 Å². The molecule has 0 aliphatic rings. The van der Waals surface area contributed by atoms with Gasteiger partial charge in [0.05, 0.1) is 0 Å². The SMILES string of the molecule is CSC(C)(C)CNc1ccnc2c(F)cc(F)cc12. The Labute approximate surface area is 115 Å². The molecule has 0 bridgehead atoms. The molecular formula is C14H16F2N2S. The van der Waals surface area contributed by atoms with Crippen LogP contribution in [0.1, 0.15) is 13.8 Å². The van der Waals surface area contributed by atoms with Gasteiger partial charge in [-0.25, -0.2) is 8.78 Å². The summed E-state index contributed by atoms with van der Waals surface area (Å²) >= 11 is 1.73. The average molecular weight is 282 g/mol. The molecule has 0 spiro atoms. The molecule has 0 amide bonds. The second kappa shape index (κ2) is 5.33. The highest BCUT2D eigenvalue weighted by Crippen LogP contribution is 2.27. The summed E-state index contributed by atoms with van der Waals surface area (Å²) in [4.78, 5) is 3.96. The number of halogens is 2. The minimum atomic E-state index is -0.636. The summed E-state index contributed by atoms with van der Waals surface area (Å²) < 4.78 is 27.0. The Morgan fingerprint density at radius 1 is 1.32 bits per heavy atom. The molecule has 0 radical (unpaired) electrons. The maximum atomic E-state index is 13.6. The molecular weight excluding hydrogens is 266 g/mol. The number of hydrogen-bond donors (Lipinski definition) is 1. The third kappa shape index (κ3) is 3.15. The molecule has 0 atom stereocenters. The van der Waals surface area contributed by atoms with Gasteiger partial charge in [0.15, 0.2) is 5.82 Å². The van der Waals surface area contributed by atoms with Crippen molar-refractivity contribution in [3.63, 3.8) is 0 Å². The summed E-state index contributed by atoms with van der Waals surface area (Å²) in [5, 5.41) is 3.71. The van der Waals surface area contributed by atoms with Gasteiger partial charge in [0.25, 0.3) is 0 Å². The zero-order chi connectivity index (χ0) is 14.0. The van der Waals surface area contributed by atoms with Gasteiger partial charge in [0.2, 0.25) is 0 Å². The molecule has 1 heterocycles. The Hall–Kier alpha value is -1.36. The smallest absolute Gasteiger partial charge is 0.152 e. The van der Waals surface area contributed by atoms with Crippen LogP contribution in [0.4, 0.5) is 14.5 Å². The molecule has 0 aliphatic heterocycles. The van der Waals surface area contributed by atoms with E-state index < -0.39 is 11.6 Å². The van der Waals surface area contributed by atoms with E-state index in [1.54, 1.807) is 17.8 Å². The van der Waals surface area contributed by atoms with E-state index in [-0.39, 0.29) is 10.3 Å². The lowest BCUT2D eigenvalue weighted by Crippen LogP contribution is -2.25. The molecule has 1 aromatic carbocycles. The third-order valence-electron chi connectivity index (χ3n) is 3.02. The molecule has 2 rings (SSSR count). The third-order valence-corrected chi connectivity index (χ3v) is 4.27. The van der Waals surface area contributed by atoms with Crippen molar-refractivity contribution in [1.82, 2.24) is 4.98 Å². The molecule has 0 saturated carbocycles. The number of rotatable bonds is 4. The first kappa shape index (κ1) is 14.1. The van der Waals surface area contributed by atoms with E-state index >= 15 is 0 Å². The van der Waals surface area contributed by atoms with Crippen molar-refractivity contribution in [2.75, 3.05) is 18.1 Å². The van der Waals surface area contributed by atoms with E-state index in [9.17, 15) is 8.78 Å². The lowest BCUT2D eigenvalue weighted by atomic mass is 10.1. The predicted molar refractivity (Wildman–Crippen MR) is 77.7 cm³/mol. The predicted octanol–water partition coefficient (Wildman–Crippen LogP) is 4.07. The minimum Gasteiger partial charge on any atom is -0.383 e. The Morgan fingerprint density at radius 3 is 2.74 bits per heavy atom. The Balaban J connectivity index is 2.39. The summed E-state index contributed by atoms with van der Waals surface area (Å²) in [5.74, 6) is -1.23. The van der Waals surface area contributed by atoms with Crippen LogP contribution in [0.3, 0.4) is 0 Å². The molecule has 0 saturated heterocycles. The molecule has 102 valence electrons. The first-order chi connectivity index (χ1) is 8.93. The van der Waals surface area contributed by atoms with E-state index in [0.717, 1.165) is 6.07 Å². The van der Waals surface area contributed by atoms with Crippen molar-refractivity contribution in [1.29, 1.82) is 0 Å². The molecule has 0 aliphatic carbocycles. The summed E-state index contributed by atoms with van der Waals surface area (Å²) in [6.07, 6.45) is 3.56. The van der Waals surface area contributed by atoms with Crippen LogP contribution in [0.15, 0.2) is 24.4 Å². The lowest BCUT2D eigenvalue weighted by Gasteiger charge is -2.23. The fourth-order valence-corrected chi connectivity index (χ4v) is 1.93. The first-order valence-electron chi connectivity index (χ1n) is 5.96. The number of nitrogens with one attached hydrogen (secondary N) is 1. The van der Waals surface area contributed by atoms with Crippen LogP contribution in [0.2, 0.25) is 0 Å². The van der Waals surface area contributed by atoms with E-state index in [1.165, 1.54) is 12.3 Å². The van der Waals surface area contributed by atoms with Gasteiger partial charge >= 0.3 is 0 Å². The molecule has 0 unspecified atom stereocenters. The molecule has 0 fully saturated rings. The molecule has 1 N–H and O–H groups in total. The van der Waals surface area contributed by atoms with Crippen molar-refractivity contribution in [2.24, 2.45) is 0 Å². The highest BCUT2D eigenvalue weighted by atomic mass is 32.2. The number of thioether (sulfide) groups is 1. The number of benzene rings is 1. The number of aromatic nitrogens is 1. The van der Waals surface area contributed by atoms with Gasteiger partial charge < -0.3 is 5.32 Å².